The molecule has 0 radical (unpaired) electrons. The Labute approximate surface area is 158 Å². The standard InChI is InChI=1S/C19H22ClNO4P/c1-14(19(22)24-16-10-3-2-4-11-16)21(26(20)23)25-18-13-7-9-15-8-5-6-12-17(15)18/h5-9,12-14,16H,2-4,10-11H2,1H3/q+1/t14-/m0/s1. The van der Waals surface area contributed by atoms with E-state index in [4.69, 9.17) is 20.8 Å². The summed E-state index contributed by atoms with van der Waals surface area (Å²) >= 11 is 5.83. The Kier molecular flexibility index (Phi) is 6.47. The number of esters is 1. The van der Waals surface area contributed by atoms with E-state index in [9.17, 15) is 9.36 Å². The highest BCUT2D eigenvalue weighted by Crippen LogP contribution is 2.38. The lowest BCUT2D eigenvalue weighted by molar-refractivity contribution is -0.161. The summed E-state index contributed by atoms with van der Waals surface area (Å²) in [6, 6.07) is 12.3. The van der Waals surface area contributed by atoms with E-state index in [1.807, 2.05) is 36.4 Å². The molecule has 0 spiro atoms. The third-order valence-corrected chi connectivity index (χ3v) is 5.79. The molecule has 0 saturated heterocycles. The number of rotatable bonds is 6. The number of hydrogen-bond donors (Lipinski definition) is 0. The lowest BCUT2D eigenvalue weighted by Gasteiger charge is -2.24. The second-order valence-corrected chi connectivity index (χ2v) is 8.18. The third-order valence-electron chi connectivity index (χ3n) is 4.60. The molecule has 0 aromatic heterocycles. The van der Waals surface area contributed by atoms with Crippen molar-refractivity contribution in [3.63, 3.8) is 0 Å². The second-order valence-electron chi connectivity index (χ2n) is 6.47. The summed E-state index contributed by atoms with van der Waals surface area (Å²) in [4.78, 5) is 19.3. The average Bonchev–Trinajstić information content (AvgIpc) is 2.66. The van der Waals surface area contributed by atoms with Gasteiger partial charge >= 0.3 is 13.3 Å². The second kappa shape index (κ2) is 8.81. The number of ether oxygens (including phenoxy) is 1. The molecule has 26 heavy (non-hydrogen) atoms. The van der Waals surface area contributed by atoms with Gasteiger partial charge in [-0.15, -0.1) is 0 Å². The van der Waals surface area contributed by atoms with Crippen LogP contribution in [0, 0.1) is 0 Å². The molecule has 1 aliphatic rings. The average molecular weight is 395 g/mol. The Morgan fingerprint density at radius 3 is 2.58 bits per heavy atom. The molecule has 1 unspecified atom stereocenters. The first-order valence-corrected chi connectivity index (χ1v) is 11.0. The SMILES string of the molecule is C[C@@H](C(=O)OC1CCCCC1)N(Oc1cccc2ccccc12)[P+](=O)Cl. The van der Waals surface area contributed by atoms with E-state index in [1.54, 1.807) is 13.0 Å². The molecule has 1 saturated carbocycles. The monoisotopic (exact) mass is 394 g/mol. The molecule has 0 amide bonds. The van der Waals surface area contributed by atoms with E-state index in [0.29, 0.717) is 5.75 Å². The molecule has 2 aromatic rings. The fourth-order valence-electron chi connectivity index (χ4n) is 3.16. The Bertz CT molecular complexity index is 789. The molecule has 3 rings (SSSR count). The van der Waals surface area contributed by atoms with Crippen molar-refractivity contribution in [2.24, 2.45) is 0 Å². The van der Waals surface area contributed by atoms with Gasteiger partial charge < -0.3 is 9.57 Å². The lowest BCUT2D eigenvalue weighted by atomic mass is 9.98. The Hall–Kier alpha value is -1.68. The van der Waals surface area contributed by atoms with E-state index >= 15 is 0 Å². The van der Waals surface area contributed by atoms with Crippen molar-refractivity contribution in [2.75, 3.05) is 0 Å². The van der Waals surface area contributed by atoms with Crippen molar-refractivity contribution in [3.05, 3.63) is 42.5 Å². The summed E-state index contributed by atoms with van der Waals surface area (Å²) in [5.41, 5.74) is 0. The smallest absolute Gasteiger partial charge is 0.461 e. The van der Waals surface area contributed by atoms with Crippen LogP contribution < -0.4 is 4.84 Å². The molecule has 0 N–H and O–H groups in total. The van der Waals surface area contributed by atoms with Crippen molar-refractivity contribution < 1.29 is 18.9 Å². The maximum absolute atomic E-state index is 12.5. The van der Waals surface area contributed by atoms with E-state index in [-0.39, 0.29) is 6.10 Å². The van der Waals surface area contributed by atoms with E-state index < -0.39 is 19.3 Å². The Morgan fingerprint density at radius 2 is 1.85 bits per heavy atom. The third kappa shape index (κ3) is 4.53. The van der Waals surface area contributed by atoms with Crippen molar-refractivity contribution in [2.45, 2.75) is 51.2 Å². The largest absolute Gasteiger partial charge is 0.593 e. The molecule has 7 heteroatoms. The minimum Gasteiger partial charge on any atom is -0.461 e. The molecular weight excluding hydrogens is 373 g/mol. The number of carbonyl (C=O) groups excluding carboxylic acids is 1. The molecule has 0 bridgehead atoms. The number of nitrogens with zero attached hydrogens (tertiary/aromatic N) is 1. The van der Waals surface area contributed by atoms with Crippen LogP contribution in [0.5, 0.6) is 5.75 Å². The van der Waals surface area contributed by atoms with Crippen molar-refractivity contribution in [3.8, 4) is 5.75 Å². The molecule has 1 fully saturated rings. The fraction of sp³-hybridized carbons (Fsp3) is 0.421. The van der Waals surface area contributed by atoms with Crippen molar-refractivity contribution in [1.29, 1.82) is 0 Å². The summed E-state index contributed by atoms with van der Waals surface area (Å²) in [5.74, 6) is 0.0190. The van der Waals surface area contributed by atoms with E-state index in [0.717, 1.165) is 41.3 Å². The minimum absolute atomic E-state index is 0.0775. The summed E-state index contributed by atoms with van der Waals surface area (Å²) in [5, 5.41) is 1.83. The number of benzene rings is 2. The first-order valence-electron chi connectivity index (χ1n) is 8.84. The van der Waals surface area contributed by atoms with E-state index in [1.165, 1.54) is 6.42 Å². The van der Waals surface area contributed by atoms with Crippen LogP contribution in [-0.4, -0.2) is 22.9 Å². The highest BCUT2D eigenvalue weighted by atomic mass is 35.7. The van der Waals surface area contributed by atoms with Gasteiger partial charge in [-0.05, 0) is 48.6 Å². The molecule has 2 atom stereocenters. The van der Waals surface area contributed by atoms with E-state index in [2.05, 4.69) is 0 Å². The molecule has 2 aromatic carbocycles. The predicted molar refractivity (Wildman–Crippen MR) is 102 cm³/mol. The number of halogens is 1. The molecule has 0 aliphatic heterocycles. The van der Waals surface area contributed by atoms with Crippen LogP contribution in [0.3, 0.4) is 0 Å². The quantitative estimate of drug-likeness (QED) is 0.363. The molecule has 5 nitrogen and oxygen atoms in total. The van der Waals surface area contributed by atoms with Crippen LogP contribution in [0.2, 0.25) is 0 Å². The maximum atomic E-state index is 12.5. The van der Waals surface area contributed by atoms with Crippen LogP contribution in [0.1, 0.15) is 39.0 Å². The van der Waals surface area contributed by atoms with Gasteiger partial charge in [0.15, 0.2) is 11.8 Å². The zero-order valence-electron chi connectivity index (χ0n) is 14.6. The highest BCUT2D eigenvalue weighted by Gasteiger charge is 2.41. The minimum atomic E-state index is -2.41. The lowest BCUT2D eigenvalue weighted by Crippen LogP contribution is -2.39. The van der Waals surface area contributed by atoms with Crippen LogP contribution in [0.25, 0.3) is 10.8 Å². The van der Waals surface area contributed by atoms with Gasteiger partial charge in [0.25, 0.3) is 0 Å². The van der Waals surface area contributed by atoms with Gasteiger partial charge in [-0.3, -0.25) is 4.79 Å². The van der Waals surface area contributed by atoms with Crippen LogP contribution in [0.4, 0.5) is 0 Å². The van der Waals surface area contributed by atoms with Gasteiger partial charge in [-0.25, -0.2) is 0 Å². The zero-order chi connectivity index (χ0) is 18.5. The summed E-state index contributed by atoms with van der Waals surface area (Å²) in [7, 11) is -2.41. The predicted octanol–water partition coefficient (Wildman–Crippen LogP) is 5.60. The van der Waals surface area contributed by atoms with Gasteiger partial charge in [0.2, 0.25) is 11.2 Å². The number of carbonyl (C=O) groups is 1. The first-order chi connectivity index (χ1) is 12.6. The normalized spacial score (nSPS) is 17.1. The zero-order valence-corrected chi connectivity index (χ0v) is 16.3. The maximum Gasteiger partial charge on any atom is 0.593 e. The highest BCUT2D eigenvalue weighted by molar-refractivity contribution is 7.71. The molecular formula is C19H22ClNO4P+. The Morgan fingerprint density at radius 1 is 1.15 bits per heavy atom. The van der Waals surface area contributed by atoms with Crippen LogP contribution in [0.15, 0.2) is 42.5 Å². The number of hydrogen-bond acceptors (Lipinski definition) is 4. The molecule has 0 heterocycles. The fourth-order valence-corrected chi connectivity index (χ4v) is 4.16. The summed E-state index contributed by atoms with van der Waals surface area (Å²) < 4.78 is 17.6. The van der Waals surface area contributed by atoms with Gasteiger partial charge in [-0.2, -0.15) is 0 Å². The van der Waals surface area contributed by atoms with Crippen LogP contribution in [-0.2, 0) is 14.1 Å². The molecule has 1 aliphatic carbocycles. The molecule has 138 valence electrons. The first kappa shape index (κ1) is 19.1. The van der Waals surface area contributed by atoms with Crippen LogP contribution >= 0.6 is 18.5 Å². The van der Waals surface area contributed by atoms with Crippen molar-refractivity contribution >= 4 is 35.3 Å². The topological polar surface area (TPSA) is 55.8 Å². The van der Waals surface area contributed by atoms with Crippen molar-refractivity contribution in [1.82, 2.24) is 4.83 Å². The van der Waals surface area contributed by atoms with Gasteiger partial charge in [-0.1, -0.05) is 42.8 Å². The Balaban J connectivity index is 1.75. The van der Waals surface area contributed by atoms with Gasteiger partial charge in [0.1, 0.15) is 10.9 Å². The number of fused-ring (bicyclic) bond motifs is 1. The van der Waals surface area contributed by atoms with Gasteiger partial charge in [0, 0.05) is 5.39 Å². The summed E-state index contributed by atoms with van der Waals surface area (Å²) in [6.07, 6.45) is 4.96. The summed E-state index contributed by atoms with van der Waals surface area (Å²) in [6.45, 7) is 1.59. The number of hydroxylamine groups is 1. The van der Waals surface area contributed by atoms with Gasteiger partial charge in [0.05, 0.1) is 0 Å².